The molecule has 2 amide bonds. The minimum absolute atomic E-state index is 0.0919. The number of thiophene rings is 1. The van der Waals surface area contributed by atoms with E-state index in [2.05, 4.69) is 11.7 Å². The Morgan fingerprint density at radius 1 is 1.44 bits per heavy atom. The van der Waals surface area contributed by atoms with E-state index in [4.69, 9.17) is 5.73 Å². The predicted octanol–water partition coefficient (Wildman–Crippen LogP) is 1.78. The average molecular weight is 511 g/mol. The smallest absolute Gasteiger partial charge is 0.246 e. The summed E-state index contributed by atoms with van der Waals surface area (Å²) >= 11 is 0.917. The highest BCUT2D eigenvalue weighted by Gasteiger charge is 2.28. The van der Waals surface area contributed by atoms with Gasteiger partial charge in [0.2, 0.25) is 12.3 Å². The van der Waals surface area contributed by atoms with Gasteiger partial charge in [0.15, 0.2) is 0 Å². The van der Waals surface area contributed by atoms with Gasteiger partial charge in [-0.25, -0.2) is 8.78 Å². The molecule has 3 heterocycles. The predicted molar refractivity (Wildman–Crippen MR) is 134 cm³/mol. The number of rotatable bonds is 6. The molecule has 0 bridgehead atoms. The summed E-state index contributed by atoms with van der Waals surface area (Å²) in [5, 5.41) is 14.8. The number of aromatic nitrogens is 2. The zero-order valence-corrected chi connectivity index (χ0v) is 20.4. The summed E-state index contributed by atoms with van der Waals surface area (Å²) in [5.41, 5.74) is 7.45. The normalized spacial score (nSPS) is 17.0. The van der Waals surface area contributed by atoms with Crippen molar-refractivity contribution in [3.05, 3.63) is 57.2 Å². The fourth-order valence-corrected chi connectivity index (χ4v) is 5.42. The molecule has 3 aromatic rings. The van der Waals surface area contributed by atoms with Crippen LogP contribution >= 0.6 is 11.3 Å². The molecule has 0 saturated carbocycles. The van der Waals surface area contributed by atoms with Crippen molar-refractivity contribution >= 4 is 52.0 Å². The first-order valence-electron chi connectivity index (χ1n) is 11.2. The molecule has 36 heavy (non-hydrogen) atoms. The molecule has 1 aliphatic heterocycles. The van der Waals surface area contributed by atoms with Crippen molar-refractivity contribution in [3.8, 4) is 6.07 Å². The minimum Gasteiger partial charge on any atom is -0.389 e. The van der Waals surface area contributed by atoms with Crippen molar-refractivity contribution in [1.82, 2.24) is 19.6 Å². The van der Waals surface area contributed by atoms with Gasteiger partial charge in [0, 0.05) is 42.3 Å². The molecule has 1 aromatic carbocycles. The maximum Gasteiger partial charge on any atom is 0.246 e. The molecule has 0 aliphatic carbocycles. The second kappa shape index (κ2) is 10.3. The van der Waals surface area contributed by atoms with Crippen molar-refractivity contribution in [3.63, 3.8) is 0 Å². The number of fused-ring (bicyclic) bond motifs is 1. The van der Waals surface area contributed by atoms with Crippen LogP contribution in [0.5, 0.6) is 0 Å². The van der Waals surface area contributed by atoms with E-state index in [1.165, 1.54) is 24.4 Å². The molecule has 8 nitrogen and oxygen atoms in total. The standard InChI is InChI=1S/C25H24F2N6O2S/c1-3-23(35)31-6-7-32(14-34)16(13-31)4-5-33-24-15(2)8-21(27)17(20(24)12-30-33)9-18-19(11-28)25(29)36-22(18)10-26/h3,8-10,12,14,16H,1,4-7,13,29H2,2H3/b18-9+,22-10-. The molecule has 2 aromatic heterocycles. The van der Waals surface area contributed by atoms with E-state index >= 15 is 4.39 Å². The second-order valence-electron chi connectivity index (χ2n) is 8.48. The number of carbonyl (C=O) groups is 2. The van der Waals surface area contributed by atoms with Crippen molar-refractivity contribution in [2.24, 2.45) is 0 Å². The number of nitrogens with two attached hydrogens (primary N) is 1. The van der Waals surface area contributed by atoms with E-state index in [0.717, 1.165) is 17.7 Å². The van der Waals surface area contributed by atoms with Crippen molar-refractivity contribution in [2.45, 2.75) is 25.9 Å². The highest BCUT2D eigenvalue weighted by molar-refractivity contribution is 7.14. The fraction of sp³-hybridized carbons (Fsp3) is 0.280. The zero-order chi connectivity index (χ0) is 26.0. The Hall–Kier alpha value is -4.04. The summed E-state index contributed by atoms with van der Waals surface area (Å²) in [7, 11) is 0. The number of aryl methyl sites for hydroxylation is 2. The monoisotopic (exact) mass is 510 g/mol. The molecule has 1 fully saturated rings. The highest BCUT2D eigenvalue weighted by atomic mass is 32.1. The molecule has 4 rings (SSSR count). The van der Waals surface area contributed by atoms with Gasteiger partial charge in [-0.1, -0.05) is 6.58 Å². The van der Waals surface area contributed by atoms with E-state index < -0.39 is 5.82 Å². The van der Waals surface area contributed by atoms with Gasteiger partial charge in [0.25, 0.3) is 0 Å². The number of nitrogens with zero attached hydrogens (tertiary/aromatic N) is 5. The number of benzene rings is 1. The van der Waals surface area contributed by atoms with Gasteiger partial charge in [-0.15, -0.1) is 11.3 Å². The van der Waals surface area contributed by atoms with Crippen molar-refractivity contribution in [2.75, 3.05) is 25.4 Å². The zero-order valence-electron chi connectivity index (χ0n) is 19.6. The Labute approximate surface area is 209 Å². The van der Waals surface area contributed by atoms with Crippen LogP contribution in [-0.4, -0.2) is 57.6 Å². The first kappa shape index (κ1) is 25.1. The van der Waals surface area contributed by atoms with E-state index in [0.29, 0.717) is 55.4 Å². The lowest BCUT2D eigenvalue weighted by Crippen LogP contribution is -2.54. The molecule has 186 valence electrons. The maximum absolute atomic E-state index is 15.1. The number of halogens is 2. The first-order chi connectivity index (χ1) is 17.3. The number of carbonyl (C=O) groups excluding carboxylic acids is 2. The van der Waals surface area contributed by atoms with Crippen LogP contribution < -0.4 is 15.5 Å². The Kier molecular flexibility index (Phi) is 7.17. The van der Waals surface area contributed by atoms with Crippen LogP contribution in [0.1, 0.15) is 23.1 Å². The lowest BCUT2D eigenvalue weighted by Gasteiger charge is -2.39. The van der Waals surface area contributed by atoms with E-state index in [9.17, 15) is 19.2 Å². The molecular formula is C25H24F2N6O2S. The molecular weight excluding hydrogens is 486 g/mol. The fourth-order valence-electron chi connectivity index (χ4n) is 4.61. The lowest BCUT2D eigenvalue weighted by atomic mass is 10.0. The van der Waals surface area contributed by atoms with Crippen molar-refractivity contribution < 1.29 is 18.4 Å². The second-order valence-corrected chi connectivity index (χ2v) is 9.56. The summed E-state index contributed by atoms with van der Waals surface area (Å²) in [6.45, 7) is 6.96. The number of anilines is 1. The van der Waals surface area contributed by atoms with E-state index in [1.807, 2.05) is 6.07 Å². The Balaban J connectivity index is 1.72. The molecule has 1 saturated heterocycles. The van der Waals surface area contributed by atoms with Gasteiger partial charge in [-0.2, -0.15) is 10.4 Å². The Morgan fingerprint density at radius 2 is 2.22 bits per heavy atom. The SMILES string of the molecule is C=CC(=O)N1CCN(C=O)C(CCn2ncc3c(/C=c4\c(C#N)c(N)s\c4=C/F)c(F)cc(C)c32)C1. The summed E-state index contributed by atoms with van der Waals surface area (Å²) in [5.74, 6) is -0.715. The van der Waals surface area contributed by atoms with Crippen molar-refractivity contribution in [1.29, 1.82) is 5.26 Å². The summed E-state index contributed by atoms with van der Waals surface area (Å²) in [4.78, 5) is 27.0. The topological polar surface area (TPSA) is 108 Å². The van der Waals surface area contributed by atoms with Gasteiger partial charge in [0.05, 0.1) is 27.9 Å². The number of nitriles is 1. The quantitative estimate of drug-likeness (QED) is 0.402. The summed E-state index contributed by atoms with van der Waals surface area (Å²) < 4.78 is 30.4. The van der Waals surface area contributed by atoms with Crippen LogP contribution in [-0.2, 0) is 16.1 Å². The molecule has 2 N–H and O–H groups in total. The third-order valence-corrected chi connectivity index (χ3v) is 7.38. The summed E-state index contributed by atoms with van der Waals surface area (Å²) in [6, 6.07) is 3.13. The number of piperazine rings is 1. The largest absolute Gasteiger partial charge is 0.389 e. The number of amides is 2. The number of hydrogen-bond donors (Lipinski definition) is 1. The Morgan fingerprint density at radius 3 is 2.89 bits per heavy atom. The minimum atomic E-state index is -0.531. The van der Waals surface area contributed by atoms with Gasteiger partial charge >= 0.3 is 0 Å². The van der Waals surface area contributed by atoms with Crippen LogP contribution in [0.25, 0.3) is 23.3 Å². The van der Waals surface area contributed by atoms with Crippen LogP contribution in [0.2, 0.25) is 0 Å². The molecule has 1 atom stereocenters. The van der Waals surface area contributed by atoms with E-state index in [1.54, 1.807) is 21.4 Å². The third-order valence-electron chi connectivity index (χ3n) is 6.43. The molecule has 0 radical (unpaired) electrons. The van der Waals surface area contributed by atoms with Gasteiger partial charge < -0.3 is 15.5 Å². The summed E-state index contributed by atoms with van der Waals surface area (Å²) in [6.07, 6.45) is 5.87. The molecule has 1 unspecified atom stereocenters. The molecule has 11 heteroatoms. The first-order valence-corrected chi connectivity index (χ1v) is 12.0. The average Bonchev–Trinajstić information content (AvgIpc) is 3.44. The van der Waals surface area contributed by atoms with Crippen LogP contribution in [0, 0.1) is 24.1 Å². The molecule has 1 aliphatic rings. The molecule has 0 spiro atoms. The van der Waals surface area contributed by atoms with Gasteiger partial charge in [0.1, 0.15) is 23.2 Å². The third kappa shape index (κ3) is 4.47. The van der Waals surface area contributed by atoms with Crippen LogP contribution in [0.4, 0.5) is 13.8 Å². The van der Waals surface area contributed by atoms with Crippen LogP contribution in [0.3, 0.4) is 0 Å². The Bertz CT molecular complexity index is 1520. The number of hydrogen-bond acceptors (Lipinski definition) is 6. The number of nitrogen functional groups attached to an aromatic ring is 1. The maximum atomic E-state index is 15.1. The van der Waals surface area contributed by atoms with Gasteiger partial charge in [-0.05, 0) is 37.1 Å². The van der Waals surface area contributed by atoms with Gasteiger partial charge in [-0.3, -0.25) is 14.3 Å². The lowest BCUT2D eigenvalue weighted by molar-refractivity contribution is -0.133. The highest BCUT2D eigenvalue weighted by Crippen LogP contribution is 2.27. The van der Waals surface area contributed by atoms with E-state index in [-0.39, 0.29) is 37.8 Å². The van der Waals surface area contributed by atoms with Crippen LogP contribution in [0.15, 0.2) is 24.9 Å².